The van der Waals surface area contributed by atoms with Crippen LogP contribution >= 0.6 is 15.9 Å². The lowest BCUT2D eigenvalue weighted by Crippen LogP contribution is -2.26. The number of halogens is 1. The maximum atomic E-state index is 12.0. The van der Waals surface area contributed by atoms with E-state index in [0.717, 1.165) is 24.1 Å². The number of carbonyl (C=O) groups excluding carboxylic acids is 1. The van der Waals surface area contributed by atoms with Gasteiger partial charge in [-0.1, -0.05) is 34.1 Å². The first-order chi connectivity index (χ1) is 9.31. The highest BCUT2D eigenvalue weighted by Crippen LogP contribution is 2.12. The Balaban J connectivity index is 1.81. The first-order valence-corrected chi connectivity index (χ1v) is 7.31. The van der Waals surface area contributed by atoms with Crippen LogP contribution < -0.4 is 5.32 Å². The third kappa shape index (κ3) is 3.92. The second kappa shape index (κ2) is 7.09. The van der Waals surface area contributed by atoms with E-state index in [-0.39, 0.29) is 5.91 Å². The van der Waals surface area contributed by atoms with Crippen LogP contribution in [-0.2, 0) is 11.9 Å². The number of amides is 1. The number of carbonyl (C=O) groups is 1. The third-order valence-corrected chi connectivity index (χ3v) is 3.45. The summed E-state index contributed by atoms with van der Waals surface area (Å²) in [5, 5.41) is 3.63. The van der Waals surface area contributed by atoms with Gasteiger partial charge in [-0.15, -0.1) is 0 Å². The number of benzene rings is 1. The maximum Gasteiger partial charge on any atom is 0.251 e. The molecular formula is C14H16BrN3O. The third-order valence-electron chi connectivity index (χ3n) is 2.84. The fraction of sp³-hybridized carbons (Fsp3) is 0.286. The number of hydrogen-bond donors (Lipinski definition) is 1. The minimum atomic E-state index is -0.0133. The van der Waals surface area contributed by atoms with Crippen molar-refractivity contribution in [2.24, 2.45) is 0 Å². The largest absolute Gasteiger partial charge is 0.352 e. The number of alkyl halides is 1. The van der Waals surface area contributed by atoms with Crippen molar-refractivity contribution < 1.29 is 4.79 Å². The molecule has 0 aliphatic heterocycles. The number of hydrogen-bond acceptors (Lipinski definition) is 2. The summed E-state index contributed by atoms with van der Waals surface area (Å²) >= 11 is 3.39. The molecule has 0 fully saturated rings. The number of nitrogens with one attached hydrogen (secondary N) is 1. The van der Waals surface area contributed by atoms with E-state index in [0.29, 0.717) is 11.9 Å². The van der Waals surface area contributed by atoms with E-state index in [1.807, 2.05) is 35.0 Å². The van der Waals surface area contributed by atoms with Gasteiger partial charge in [-0.05, 0) is 18.1 Å². The van der Waals surface area contributed by atoms with E-state index < -0.39 is 0 Å². The van der Waals surface area contributed by atoms with Crippen LogP contribution in [0.15, 0.2) is 43.0 Å². The zero-order valence-corrected chi connectivity index (χ0v) is 12.1. The Hall–Kier alpha value is -1.62. The van der Waals surface area contributed by atoms with Gasteiger partial charge >= 0.3 is 0 Å². The summed E-state index contributed by atoms with van der Waals surface area (Å²) in [6.45, 7) is 1.52. The summed E-state index contributed by atoms with van der Waals surface area (Å²) in [6.07, 6.45) is 6.34. The first-order valence-electron chi connectivity index (χ1n) is 6.19. The summed E-state index contributed by atoms with van der Waals surface area (Å²) in [4.78, 5) is 16.0. The van der Waals surface area contributed by atoms with Gasteiger partial charge in [-0.3, -0.25) is 4.79 Å². The molecule has 2 aromatic rings. The minimum absolute atomic E-state index is 0.0133. The second-order valence-electron chi connectivity index (χ2n) is 4.20. The Morgan fingerprint density at radius 3 is 2.95 bits per heavy atom. The fourth-order valence-corrected chi connectivity index (χ4v) is 2.33. The predicted molar refractivity (Wildman–Crippen MR) is 78.3 cm³/mol. The van der Waals surface area contributed by atoms with Crippen molar-refractivity contribution in [3.63, 3.8) is 0 Å². The van der Waals surface area contributed by atoms with Crippen molar-refractivity contribution >= 4 is 21.8 Å². The predicted octanol–water partition coefficient (Wildman–Crippen LogP) is 2.60. The van der Waals surface area contributed by atoms with Crippen LogP contribution in [0.25, 0.3) is 0 Å². The molecule has 0 radical (unpaired) electrons. The summed E-state index contributed by atoms with van der Waals surface area (Å²) < 4.78 is 2.00. The minimum Gasteiger partial charge on any atom is -0.352 e. The van der Waals surface area contributed by atoms with E-state index in [4.69, 9.17) is 0 Å². The van der Waals surface area contributed by atoms with Crippen LogP contribution in [0, 0.1) is 0 Å². The van der Waals surface area contributed by atoms with Gasteiger partial charge in [0.05, 0.1) is 6.33 Å². The molecule has 0 aliphatic carbocycles. The quantitative estimate of drug-likeness (QED) is 0.656. The van der Waals surface area contributed by atoms with Gasteiger partial charge in [0.25, 0.3) is 5.91 Å². The molecule has 100 valence electrons. The van der Waals surface area contributed by atoms with Crippen molar-refractivity contribution in [3.8, 4) is 0 Å². The van der Waals surface area contributed by atoms with Crippen LogP contribution in [0.1, 0.15) is 22.3 Å². The smallest absolute Gasteiger partial charge is 0.251 e. The van der Waals surface area contributed by atoms with Crippen LogP contribution in [0.2, 0.25) is 0 Å². The zero-order valence-electron chi connectivity index (χ0n) is 10.6. The van der Waals surface area contributed by atoms with Crippen LogP contribution in [0.3, 0.4) is 0 Å². The molecule has 4 nitrogen and oxygen atoms in total. The van der Waals surface area contributed by atoms with Crippen LogP contribution in [0.4, 0.5) is 0 Å². The van der Waals surface area contributed by atoms with Crippen molar-refractivity contribution in [1.29, 1.82) is 0 Å². The average molecular weight is 322 g/mol. The van der Waals surface area contributed by atoms with Gasteiger partial charge in [-0.25, -0.2) is 4.98 Å². The molecule has 1 aromatic carbocycles. The van der Waals surface area contributed by atoms with Crippen molar-refractivity contribution in [2.45, 2.75) is 18.3 Å². The lowest BCUT2D eigenvalue weighted by molar-refractivity contribution is 0.0952. The molecule has 1 heterocycles. The second-order valence-corrected chi connectivity index (χ2v) is 4.76. The van der Waals surface area contributed by atoms with Gasteiger partial charge in [0, 0.05) is 36.4 Å². The van der Waals surface area contributed by atoms with E-state index in [2.05, 4.69) is 26.2 Å². The Morgan fingerprint density at radius 1 is 1.37 bits per heavy atom. The summed E-state index contributed by atoms with van der Waals surface area (Å²) in [5.41, 5.74) is 1.75. The Labute approximate surface area is 121 Å². The molecule has 1 amide bonds. The molecule has 1 aromatic heterocycles. The van der Waals surface area contributed by atoms with Crippen molar-refractivity contribution in [1.82, 2.24) is 14.9 Å². The van der Waals surface area contributed by atoms with Gasteiger partial charge in [0.15, 0.2) is 0 Å². The summed E-state index contributed by atoms with van der Waals surface area (Å²) in [5.74, 6) is -0.0133. The molecule has 19 heavy (non-hydrogen) atoms. The highest BCUT2D eigenvalue weighted by Gasteiger charge is 2.08. The zero-order chi connectivity index (χ0) is 13.5. The van der Waals surface area contributed by atoms with E-state index in [1.165, 1.54) is 0 Å². The highest BCUT2D eigenvalue weighted by molar-refractivity contribution is 9.08. The number of rotatable bonds is 6. The standard InChI is InChI=1S/C14H16BrN3O/c15-10-12-4-1-2-5-13(12)14(19)17-6-3-8-18-9-7-16-11-18/h1-2,4-5,7,9,11H,3,6,8,10H2,(H,17,19). The monoisotopic (exact) mass is 321 g/mol. The molecule has 5 heteroatoms. The van der Waals surface area contributed by atoms with Gasteiger partial charge in [0.1, 0.15) is 0 Å². The van der Waals surface area contributed by atoms with E-state index in [9.17, 15) is 4.79 Å². The molecule has 1 N–H and O–H groups in total. The number of aryl methyl sites for hydroxylation is 1. The molecule has 0 saturated carbocycles. The molecular weight excluding hydrogens is 306 g/mol. The average Bonchev–Trinajstić information content (AvgIpc) is 2.96. The number of imidazole rings is 1. The maximum absolute atomic E-state index is 12.0. The van der Waals surface area contributed by atoms with Gasteiger partial charge in [0.2, 0.25) is 0 Å². The highest BCUT2D eigenvalue weighted by atomic mass is 79.9. The fourth-order valence-electron chi connectivity index (χ4n) is 1.84. The van der Waals surface area contributed by atoms with Crippen LogP contribution in [-0.4, -0.2) is 22.0 Å². The van der Waals surface area contributed by atoms with E-state index >= 15 is 0 Å². The summed E-state index contributed by atoms with van der Waals surface area (Å²) in [6, 6.07) is 7.62. The molecule has 0 aliphatic rings. The molecule has 0 atom stereocenters. The van der Waals surface area contributed by atoms with Gasteiger partial charge < -0.3 is 9.88 Å². The first kappa shape index (κ1) is 13.8. The van der Waals surface area contributed by atoms with Crippen molar-refractivity contribution in [2.75, 3.05) is 6.54 Å². The summed E-state index contributed by atoms with van der Waals surface area (Å²) in [7, 11) is 0. The SMILES string of the molecule is O=C(NCCCn1ccnc1)c1ccccc1CBr. The molecule has 0 spiro atoms. The normalized spacial score (nSPS) is 10.4. The molecule has 2 rings (SSSR count). The number of aromatic nitrogens is 2. The Bertz CT molecular complexity index is 525. The Kier molecular flexibility index (Phi) is 5.15. The molecule has 0 bridgehead atoms. The molecule has 0 unspecified atom stereocenters. The Morgan fingerprint density at radius 2 is 2.21 bits per heavy atom. The van der Waals surface area contributed by atoms with E-state index in [1.54, 1.807) is 12.5 Å². The topological polar surface area (TPSA) is 46.9 Å². The lowest BCUT2D eigenvalue weighted by atomic mass is 10.1. The van der Waals surface area contributed by atoms with Gasteiger partial charge in [-0.2, -0.15) is 0 Å². The molecule has 0 saturated heterocycles. The van der Waals surface area contributed by atoms with Crippen molar-refractivity contribution in [3.05, 3.63) is 54.1 Å². The van der Waals surface area contributed by atoms with Crippen LogP contribution in [0.5, 0.6) is 0 Å². The lowest BCUT2D eigenvalue weighted by Gasteiger charge is -2.08. The number of nitrogens with zero attached hydrogens (tertiary/aromatic N) is 2.